The van der Waals surface area contributed by atoms with Gasteiger partial charge in [0.25, 0.3) is 0 Å². The molecule has 17 heavy (non-hydrogen) atoms. The summed E-state index contributed by atoms with van der Waals surface area (Å²) in [5, 5.41) is 13.9. The molecule has 0 amide bonds. The maximum atomic E-state index is 13.0. The first kappa shape index (κ1) is 11.7. The Hall–Kier alpha value is -1.75. The van der Waals surface area contributed by atoms with Crippen molar-refractivity contribution in [1.82, 2.24) is 9.78 Å². The summed E-state index contributed by atoms with van der Waals surface area (Å²) in [6.07, 6.45) is 1.01. The molecule has 0 aliphatic carbocycles. The Morgan fingerprint density at radius 3 is 2.47 bits per heavy atom. The highest BCUT2D eigenvalue weighted by Gasteiger charge is 2.12. The molecular weight excluding hydrogens is 226 g/mol. The van der Waals surface area contributed by atoms with Crippen LogP contribution in [0.1, 0.15) is 17.4 Å². The summed E-state index contributed by atoms with van der Waals surface area (Å²) in [5.41, 5.74) is 0.887. The molecule has 1 aromatic heterocycles. The number of aliphatic hydroxyl groups is 1. The molecule has 2 rings (SSSR count). The molecule has 1 unspecified atom stereocenters. The predicted molar refractivity (Wildman–Crippen MR) is 58.2 cm³/mol. The second kappa shape index (κ2) is 4.63. The minimum atomic E-state index is -0.963. The first-order valence-corrected chi connectivity index (χ1v) is 5.17. The fraction of sp³-hybridized carbons (Fsp3) is 0.250. The second-order valence-electron chi connectivity index (χ2n) is 3.90. The lowest BCUT2D eigenvalue weighted by atomic mass is 10.0. The topological polar surface area (TPSA) is 38.0 Å². The molecule has 1 N–H and O–H groups in total. The molecule has 2 aromatic rings. The number of aryl methyl sites for hydroxylation is 1. The normalized spacial score (nSPS) is 12.7. The van der Waals surface area contributed by atoms with Crippen molar-refractivity contribution in [3.05, 3.63) is 53.4 Å². The molecule has 0 aliphatic rings. The Morgan fingerprint density at radius 1 is 1.29 bits per heavy atom. The zero-order valence-corrected chi connectivity index (χ0v) is 9.27. The van der Waals surface area contributed by atoms with Crippen molar-refractivity contribution in [2.45, 2.75) is 12.5 Å². The summed E-state index contributed by atoms with van der Waals surface area (Å²) in [4.78, 5) is 0. The lowest BCUT2D eigenvalue weighted by Crippen LogP contribution is -2.04. The SMILES string of the molecule is Cn1ccc(CC(O)c2cc(F)cc(F)c2)n1. The molecule has 5 heteroatoms. The largest absolute Gasteiger partial charge is 0.388 e. The second-order valence-corrected chi connectivity index (χ2v) is 3.90. The number of hydrogen-bond donors (Lipinski definition) is 1. The molecule has 0 saturated heterocycles. The Morgan fingerprint density at radius 2 is 1.94 bits per heavy atom. The quantitative estimate of drug-likeness (QED) is 0.887. The monoisotopic (exact) mass is 238 g/mol. The number of aliphatic hydroxyl groups excluding tert-OH is 1. The van der Waals surface area contributed by atoms with E-state index in [-0.39, 0.29) is 12.0 Å². The van der Waals surface area contributed by atoms with Crippen molar-refractivity contribution < 1.29 is 13.9 Å². The predicted octanol–water partition coefficient (Wildman–Crippen LogP) is 1.97. The lowest BCUT2D eigenvalue weighted by Gasteiger charge is -2.09. The minimum absolute atomic E-state index is 0.216. The molecule has 1 aromatic carbocycles. The highest BCUT2D eigenvalue weighted by atomic mass is 19.1. The van der Waals surface area contributed by atoms with Gasteiger partial charge in [0.05, 0.1) is 11.8 Å². The van der Waals surface area contributed by atoms with E-state index in [1.165, 1.54) is 0 Å². The smallest absolute Gasteiger partial charge is 0.126 e. The van der Waals surface area contributed by atoms with Crippen LogP contribution in [0.5, 0.6) is 0 Å². The van der Waals surface area contributed by atoms with Gasteiger partial charge < -0.3 is 5.11 Å². The van der Waals surface area contributed by atoms with Crippen LogP contribution in [0.15, 0.2) is 30.5 Å². The summed E-state index contributed by atoms with van der Waals surface area (Å²) in [6, 6.07) is 4.77. The molecule has 0 spiro atoms. The summed E-state index contributed by atoms with van der Waals surface area (Å²) in [5.74, 6) is -1.39. The van der Waals surface area contributed by atoms with Crippen LogP contribution in [0.4, 0.5) is 8.78 Å². The Bertz CT molecular complexity index is 505. The molecule has 0 saturated carbocycles. The van der Waals surface area contributed by atoms with Gasteiger partial charge in [-0.1, -0.05) is 0 Å². The van der Waals surface area contributed by atoms with Gasteiger partial charge in [0, 0.05) is 25.7 Å². The van der Waals surface area contributed by atoms with E-state index >= 15 is 0 Å². The van der Waals surface area contributed by atoms with Gasteiger partial charge >= 0.3 is 0 Å². The first-order valence-electron chi connectivity index (χ1n) is 5.17. The van der Waals surface area contributed by atoms with Crippen LogP contribution in [0.25, 0.3) is 0 Å². The molecule has 3 nitrogen and oxygen atoms in total. The van der Waals surface area contributed by atoms with Crippen molar-refractivity contribution in [1.29, 1.82) is 0 Å². The average molecular weight is 238 g/mol. The zero-order valence-electron chi connectivity index (χ0n) is 9.27. The lowest BCUT2D eigenvalue weighted by molar-refractivity contribution is 0.176. The first-order chi connectivity index (χ1) is 8.04. The van der Waals surface area contributed by atoms with E-state index in [4.69, 9.17) is 0 Å². The van der Waals surface area contributed by atoms with Crippen LogP contribution in [0, 0.1) is 11.6 Å². The van der Waals surface area contributed by atoms with Crippen molar-refractivity contribution in [2.24, 2.45) is 7.05 Å². The Kier molecular flexibility index (Phi) is 3.19. The van der Waals surface area contributed by atoms with E-state index in [9.17, 15) is 13.9 Å². The third-order valence-electron chi connectivity index (χ3n) is 2.44. The van der Waals surface area contributed by atoms with Crippen molar-refractivity contribution in [3.8, 4) is 0 Å². The van der Waals surface area contributed by atoms with E-state index in [0.717, 1.165) is 18.2 Å². The highest BCUT2D eigenvalue weighted by Crippen LogP contribution is 2.19. The van der Waals surface area contributed by atoms with Gasteiger partial charge in [-0.05, 0) is 23.8 Å². The highest BCUT2D eigenvalue weighted by molar-refractivity contribution is 5.21. The minimum Gasteiger partial charge on any atom is -0.388 e. The van der Waals surface area contributed by atoms with Crippen LogP contribution in [0.3, 0.4) is 0 Å². The maximum Gasteiger partial charge on any atom is 0.126 e. The summed E-state index contributed by atoms with van der Waals surface area (Å²) in [6.45, 7) is 0. The van der Waals surface area contributed by atoms with Crippen LogP contribution < -0.4 is 0 Å². The zero-order chi connectivity index (χ0) is 12.4. The van der Waals surface area contributed by atoms with Gasteiger partial charge in [-0.3, -0.25) is 4.68 Å². The van der Waals surface area contributed by atoms with Crippen LogP contribution >= 0.6 is 0 Å². The van der Waals surface area contributed by atoms with Gasteiger partial charge in [-0.15, -0.1) is 0 Å². The van der Waals surface area contributed by atoms with Crippen molar-refractivity contribution in [3.63, 3.8) is 0 Å². The molecule has 0 radical (unpaired) electrons. The van der Waals surface area contributed by atoms with Gasteiger partial charge in [0.2, 0.25) is 0 Å². The Balaban J connectivity index is 2.16. The maximum absolute atomic E-state index is 13.0. The van der Waals surface area contributed by atoms with Crippen LogP contribution in [-0.4, -0.2) is 14.9 Å². The number of rotatable bonds is 3. The summed E-state index contributed by atoms with van der Waals surface area (Å²) >= 11 is 0. The fourth-order valence-corrected chi connectivity index (χ4v) is 1.66. The summed E-state index contributed by atoms with van der Waals surface area (Å²) < 4.78 is 27.5. The van der Waals surface area contributed by atoms with Crippen LogP contribution in [0.2, 0.25) is 0 Å². The van der Waals surface area contributed by atoms with Gasteiger partial charge in [-0.2, -0.15) is 5.10 Å². The fourth-order valence-electron chi connectivity index (χ4n) is 1.66. The molecule has 1 heterocycles. The Labute approximate surface area is 97.3 Å². The molecule has 0 aliphatic heterocycles. The molecular formula is C12H12F2N2O. The van der Waals surface area contributed by atoms with Gasteiger partial charge in [-0.25, -0.2) is 8.78 Å². The summed E-state index contributed by atoms with van der Waals surface area (Å²) in [7, 11) is 1.76. The van der Waals surface area contributed by atoms with E-state index < -0.39 is 17.7 Å². The third-order valence-corrected chi connectivity index (χ3v) is 2.44. The van der Waals surface area contributed by atoms with Gasteiger partial charge in [0.15, 0.2) is 0 Å². The van der Waals surface area contributed by atoms with Crippen molar-refractivity contribution >= 4 is 0 Å². The van der Waals surface area contributed by atoms with Crippen molar-refractivity contribution in [2.75, 3.05) is 0 Å². The van der Waals surface area contributed by atoms with E-state index in [1.54, 1.807) is 24.0 Å². The van der Waals surface area contributed by atoms with Gasteiger partial charge in [0.1, 0.15) is 11.6 Å². The number of aromatic nitrogens is 2. The molecule has 1 atom stereocenters. The number of hydrogen-bond acceptors (Lipinski definition) is 2. The van der Waals surface area contributed by atoms with Crippen LogP contribution in [-0.2, 0) is 13.5 Å². The molecule has 0 bridgehead atoms. The number of benzene rings is 1. The standard InChI is InChI=1S/C12H12F2N2O/c1-16-3-2-11(15-16)7-12(17)8-4-9(13)6-10(14)5-8/h2-6,12,17H,7H2,1H3. The van der Waals surface area contributed by atoms with E-state index in [0.29, 0.717) is 5.69 Å². The molecule has 90 valence electrons. The van der Waals surface area contributed by atoms with E-state index in [1.807, 2.05) is 0 Å². The average Bonchev–Trinajstić information content (AvgIpc) is 2.62. The third kappa shape index (κ3) is 2.88. The van der Waals surface area contributed by atoms with E-state index in [2.05, 4.69) is 5.10 Å². The number of halogens is 2. The number of nitrogens with zero attached hydrogens (tertiary/aromatic N) is 2. The molecule has 0 fully saturated rings.